The minimum absolute atomic E-state index is 0.0739. The molecule has 0 atom stereocenters. The Morgan fingerprint density at radius 1 is 0.897 bits per heavy atom. The fourth-order valence-corrected chi connectivity index (χ4v) is 2.85. The van der Waals surface area contributed by atoms with Gasteiger partial charge < -0.3 is 10.1 Å². The number of hydrogen-bond donors (Lipinski definition) is 1. The first-order valence-corrected chi connectivity index (χ1v) is 9.20. The minimum atomic E-state index is -0.396. The van der Waals surface area contributed by atoms with Crippen molar-refractivity contribution in [2.75, 3.05) is 12.4 Å². The van der Waals surface area contributed by atoms with E-state index in [9.17, 15) is 9.59 Å². The molecule has 0 aliphatic rings. The summed E-state index contributed by atoms with van der Waals surface area (Å²) in [6.45, 7) is 1.99. The third kappa shape index (κ3) is 5.57. The van der Waals surface area contributed by atoms with Crippen LogP contribution in [0.4, 0.5) is 5.69 Å². The van der Waals surface area contributed by atoms with Crippen LogP contribution in [-0.4, -0.2) is 19.0 Å². The van der Waals surface area contributed by atoms with Gasteiger partial charge in [-0.3, -0.25) is 4.79 Å². The number of esters is 1. The predicted octanol–water partition coefficient (Wildman–Crippen LogP) is 4.36. The number of carbonyl (C=O) groups is 2. The first-order chi connectivity index (χ1) is 14.0. The molecule has 0 aliphatic heterocycles. The molecule has 3 aromatic rings. The second kappa shape index (κ2) is 9.38. The number of carbonyl (C=O) groups excluding carboxylic acids is 2. The highest BCUT2D eigenvalue weighted by Gasteiger charge is 2.07. The zero-order valence-corrected chi connectivity index (χ0v) is 16.4. The van der Waals surface area contributed by atoms with Crippen LogP contribution in [0.15, 0.2) is 72.8 Å². The smallest absolute Gasteiger partial charge is 0.337 e. The normalized spacial score (nSPS) is 9.86. The first-order valence-electron chi connectivity index (χ1n) is 9.20. The van der Waals surface area contributed by atoms with Crippen molar-refractivity contribution in [2.24, 2.45) is 0 Å². The number of anilines is 1. The van der Waals surface area contributed by atoms with E-state index in [1.807, 2.05) is 61.5 Å². The van der Waals surface area contributed by atoms with E-state index in [-0.39, 0.29) is 5.91 Å². The molecule has 0 spiro atoms. The molecule has 4 nitrogen and oxygen atoms in total. The van der Waals surface area contributed by atoms with Crippen molar-refractivity contribution in [3.8, 4) is 11.8 Å². The maximum Gasteiger partial charge on any atom is 0.337 e. The standard InChI is InChI=1S/C25H21NO3/c1-18-7-3-4-10-21(18)17-24(27)26-23-12-6-9-20(16-23)14-13-19-8-5-11-22(15-19)25(28)29-2/h3-12,15-16H,17H2,1-2H3,(H,26,27). The highest BCUT2D eigenvalue weighted by atomic mass is 16.5. The minimum Gasteiger partial charge on any atom is -0.465 e. The Morgan fingerprint density at radius 2 is 1.59 bits per heavy atom. The van der Waals surface area contributed by atoms with Crippen LogP contribution in [0.3, 0.4) is 0 Å². The Hall–Kier alpha value is -3.84. The van der Waals surface area contributed by atoms with Crippen LogP contribution in [0.2, 0.25) is 0 Å². The molecule has 1 amide bonds. The molecule has 3 aromatic carbocycles. The van der Waals surface area contributed by atoms with Crippen LogP contribution in [0.25, 0.3) is 0 Å². The molecule has 0 bridgehead atoms. The fraction of sp³-hybridized carbons (Fsp3) is 0.120. The number of amides is 1. The number of benzene rings is 3. The molecule has 3 rings (SSSR count). The maximum absolute atomic E-state index is 12.4. The predicted molar refractivity (Wildman–Crippen MR) is 114 cm³/mol. The summed E-state index contributed by atoms with van der Waals surface area (Å²) in [5.74, 6) is 5.63. The van der Waals surface area contributed by atoms with E-state index < -0.39 is 5.97 Å². The second-order valence-corrected chi connectivity index (χ2v) is 6.55. The average molecular weight is 383 g/mol. The van der Waals surface area contributed by atoms with E-state index in [4.69, 9.17) is 4.74 Å². The molecule has 0 saturated carbocycles. The van der Waals surface area contributed by atoms with Gasteiger partial charge in [-0.2, -0.15) is 0 Å². The van der Waals surface area contributed by atoms with Gasteiger partial charge in [0.25, 0.3) is 0 Å². The zero-order valence-electron chi connectivity index (χ0n) is 16.4. The van der Waals surface area contributed by atoms with Gasteiger partial charge >= 0.3 is 5.97 Å². The summed E-state index contributed by atoms with van der Waals surface area (Å²) < 4.78 is 4.73. The highest BCUT2D eigenvalue weighted by molar-refractivity contribution is 5.92. The summed E-state index contributed by atoms with van der Waals surface area (Å²) in [6.07, 6.45) is 0.322. The lowest BCUT2D eigenvalue weighted by molar-refractivity contribution is -0.115. The summed E-state index contributed by atoms with van der Waals surface area (Å²) in [4.78, 5) is 24.0. The number of ether oxygens (including phenoxy) is 1. The van der Waals surface area contributed by atoms with E-state index in [1.165, 1.54) is 7.11 Å². The van der Waals surface area contributed by atoms with E-state index in [0.29, 0.717) is 23.2 Å². The Balaban J connectivity index is 1.71. The fourth-order valence-electron chi connectivity index (χ4n) is 2.85. The van der Waals surface area contributed by atoms with Crippen molar-refractivity contribution in [3.63, 3.8) is 0 Å². The quantitative estimate of drug-likeness (QED) is 0.538. The zero-order chi connectivity index (χ0) is 20.6. The number of nitrogens with one attached hydrogen (secondary N) is 1. The van der Waals surface area contributed by atoms with Gasteiger partial charge in [0.15, 0.2) is 0 Å². The highest BCUT2D eigenvalue weighted by Crippen LogP contribution is 2.13. The van der Waals surface area contributed by atoms with E-state index in [0.717, 1.165) is 16.7 Å². The van der Waals surface area contributed by atoms with Gasteiger partial charge in [-0.25, -0.2) is 4.79 Å². The Morgan fingerprint density at radius 3 is 2.31 bits per heavy atom. The average Bonchev–Trinajstić information content (AvgIpc) is 2.74. The molecule has 0 unspecified atom stereocenters. The lowest BCUT2D eigenvalue weighted by atomic mass is 10.1. The summed E-state index contributed by atoms with van der Waals surface area (Å²) in [6, 6.07) is 22.2. The first kappa shape index (κ1) is 19.9. The summed E-state index contributed by atoms with van der Waals surface area (Å²) >= 11 is 0. The molecule has 0 heterocycles. The SMILES string of the molecule is COC(=O)c1cccc(C#Cc2cccc(NC(=O)Cc3ccccc3C)c2)c1. The summed E-state index contributed by atoms with van der Waals surface area (Å²) in [7, 11) is 1.35. The van der Waals surface area contributed by atoms with Crippen molar-refractivity contribution >= 4 is 17.6 Å². The molecular formula is C25H21NO3. The van der Waals surface area contributed by atoms with Gasteiger partial charge in [0, 0.05) is 16.8 Å². The van der Waals surface area contributed by atoms with Gasteiger partial charge in [-0.15, -0.1) is 0 Å². The Bertz CT molecular complexity index is 1110. The molecule has 0 aliphatic carbocycles. The number of methoxy groups -OCH3 is 1. The van der Waals surface area contributed by atoms with E-state index in [2.05, 4.69) is 17.2 Å². The number of rotatable bonds is 4. The molecule has 0 fully saturated rings. The maximum atomic E-state index is 12.4. The van der Waals surface area contributed by atoms with Crippen molar-refractivity contribution in [3.05, 3.63) is 101 Å². The third-order valence-electron chi connectivity index (χ3n) is 4.39. The topological polar surface area (TPSA) is 55.4 Å². The molecule has 29 heavy (non-hydrogen) atoms. The second-order valence-electron chi connectivity index (χ2n) is 6.55. The molecule has 0 saturated heterocycles. The molecule has 4 heteroatoms. The van der Waals surface area contributed by atoms with Crippen molar-refractivity contribution in [1.82, 2.24) is 0 Å². The van der Waals surface area contributed by atoms with Crippen LogP contribution >= 0.6 is 0 Å². The van der Waals surface area contributed by atoms with Crippen molar-refractivity contribution in [1.29, 1.82) is 0 Å². The van der Waals surface area contributed by atoms with Crippen LogP contribution in [0.1, 0.15) is 32.6 Å². The van der Waals surface area contributed by atoms with Crippen molar-refractivity contribution < 1.29 is 14.3 Å². The number of aryl methyl sites for hydroxylation is 1. The molecular weight excluding hydrogens is 362 g/mol. The van der Waals surface area contributed by atoms with Crippen LogP contribution in [0, 0.1) is 18.8 Å². The Kier molecular flexibility index (Phi) is 6.44. The van der Waals surface area contributed by atoms with Gasteiger partial charge in [0.05, 0.1) is 19.1 Å². The van der Waals surface area contributed by atoms with Gasteiger partial charge in [-0.05, 0) is 54.4 Å². The third-order valence-corrected chi connectivity index (χ3v) is 4.39. The lowest BCUT2D eigenvalue weighted by Gasteiger charge is -2.07. The number of hydrogen-bond acceptors (Lipinski definition) is 3. The van der Waals surface area contributed by atoms with Gasteiger partial charge in [0.2, 0.25) is 5.91 Å². The lowest BCUT2D eigenvalue weighted by Crippen LogP contribution is -2.15. The molecule has 144 valence electrons. The summed E-state index contributed by atoms with van der Waals surface area (Å²) in [5.41, 5.74) is 4.72. The molecule has 0 radical (unpaired) electrons. The van der Waals surface area contributed by atoms with E-state index in [1.54, 1.807) is 18.2 Å². The van der Waals surface area contributed by atoms with Gasteiger partial charge in [-0.1, -0.05) is 48.2 Å². The van der Waals surface area contributed by atoms with Crippen LogP contribution in [-0.2, 0) is 16.0 Å². The van der Waals surface area contributed by atoms with Crippen LogP contribution < -0.4 is 5.32 Å². The largest absolute Gasteiger partial charge is 0.465 e. The monoisotopic (exact) mass is 383 g/mol. The van der Waals surface area contributed by atoms with Crippen molar-refractivity contribution in [2.45, 2.75) is 13.3 Å². The Labute approximate surface area is 170 Å². The van der Waals surface area contributed by atoms with E-state index >= 15 is 0 Å². The molecule has 1 N–H and O–H groups in total. The summed E-state index contributed by atoms with van der Waals surface area (Å²) in [5, 5.41) is 2.92. The van der Waals surface area contributed by atoms with Gasteiger partial charge in [0.1, 0.15) is 0 Å². The van der Waals surface area contributed by atoms with Crippen LogP contribution in [0.5, 0.6) is 0 Å². The molecule has 0 aromatic heterocycles.